The predicted molar refractivity (Wildman–Crippen MR) is 79.0 cm³/mol. The second kappa shape index (κ2) is 6.92. The first kappa shape index (κ1) is 15.1. The molecule has 21 heavy (non-hydrogen) atoms. The Morgan fingerprint density at radius 1 is 1.38 bits per heavy atom. The van der Waals surface area contributed by atoms with Gasteiger partial charge in [0, 0.05) is 6.54 Å². The van der Waals surface area contributed by atoms with Gasteiger partial charge in [-0.3, -0.25) is 10.2 Å². The van der Waals surface area contributed by atoms with Gasteiger partial charge >= 0.3 is 12.1 Å². The van der Waals surface area contributed by atoms with E-state index < -0.39 is 6.09 Å². The Bertz CT molecular complexity index is 498. The number of ether oxygens (including phenoxy) is 1. The van der Waals surface area contributed by atoms with Gasteiger partial charge in [0.1, 0.15) is 0 Å². The number of rotatable bonds is 3. The maximum Gasteiger partial charge on any atom is 0.413 e. The van der Waals surface area contributed by atoms with Crippen LogP contribution < -0.4 is 10.6 Å². The van der Waals surface area contributed by atoms with Crippen LogP contribution in [0.3, 0.4) is 0 Å². The van der Waals surface area contributed by atoms with E-state index in [-0.39, 0.29) is 24.1 Å². The summed E-state index contributed by atoms with van der Waals surface area (Å²) in [6.07, 6.45) is 8.77. The normalized spacial score (nSPS) is 22.6. The molecule has 7 nitrogen and oxygen atoms in total. The number of carbonyl (C=O) groups excluding carboxylic acids is 2. The lowest BCUT2D eigenvalue weighted by molar-refractivity contribution is 0.175. The van der Waals surface area contributed by atoms with E-state index in [0.717, 1.165) is 12.8 Å². The van der Waals surface area contributed by atoms with Gasteiger partial charge in [0.25, 0.3) is 0 Å². The lowest BCUT2D eigenvalue weighted by Crippen LogP contribution is -2.53. The Hall–Kier alpha value is -2.31. The third-order valence-electron chi connectivity index (χ3n) is 3.30. The zero-order valence-electron chi connectivity index (χ0n) is 12.2. The molecule has 2 atom stereocenters. The Labute approximate surface area is 123 Å². The molecule has 0 fully saturated rings. The van der Waals surface area contributed by atoms with Crippen LogP contribution in [0.4, 0.5) is 9.59 Å². The van der Waals surface area contributed by atoms with E-state index in [1.165, 1.54) is 12.0 Å². The average Bonchev–Trinajstić information content (AvgIpc) is 2.85. The molecule has 2 rings (SSSR count). The van der Waals surface area contributed by atoms with Crippen LogP contribution in [-0.4, -0.2) is 48.7 Å². The second-order valence-corrected chi connectivity index (χ2v) is 4.78. The molecule has 0 aromatic carbocycles. The first-order valence-corrected chi connectivity index (χ1v) is 7.02. The molecule has 1 aliphatic heterocycles. The number of fused-ring (bicyclic) bond motifs is 1. The number of alkyl carbamates (subject to hydrolysis) is 1. The zero-order chi connectivity index (χ0) is 15.2. The number of carbonyl (C=O) groups is 2. The standard InChI is InChI=1S/C14H20N4O3/c1-3-4-9-15-13(19)18-11-8-6-5-7-10(11)16-12(18)17-14(20)21-2/h5-8,10-11H,3-4,9H2,1-2H3,(H,15,19)(H,16,17,20). The number of urea groups is 1. The summed E-state index contributed by atoms with van der Waals surface area (Å²) in [6.45, 7) is 2.65. The van der Waals surface area contributed by atoms with Gasteiger partial charge in [-0.2, -0.15) is 0 Å². The molecule has 2 unspecified atom stereocenters. The van der Waals surface area contributed by atoms with Crippen LogP contribution in [0.1, 0.15) is 19.8 Å². The van der Waals surface area contributed by atoms with E-state index in [4.69, 9.17) is 0 Å². The molecule has 1 aliphatic carbocycles. The van der Waals surface area contributed by atoms with Crippen molar-refractivity contribution in [1.29, 1.82) is 0 Å². The quantitative estimate of drug-likeness (QED) is 0.771. The van der Waals surface area contributed by atoms with Crippen LogP contribution in [0.15, 0.2) is 29.3 Å². The molecule has 0 bridgehead atoms. The summed E-state index contributed by atoms with van der Waals surface area (Å²) in [6, 6.07) is -0.672. The highest BCUT2D eigenvalue weighted by Crippen LogP contribution is 2.22. The monoisotopic (exact) mass is 292 g/mol. The Balaban J connectivity index is 2.11. The largest absolute Gasteiger partial charge is 0.453 e. The van der Waals surface area contributed by atoms with E-state index in [1.807, 2.05) is 24.3 Å². The summed E-state index contributed by atoms with van der Waals surface area (Å²) in [5, 5.41) is 5.33. The fraction of sp³-hybridized carbons (Fsp3) is 0.500. The summed E-state index contributed by atoms with van der Waals surface area (Å²) in [4.78, 5) is 29.5. The third kappa shape index (κ3) is 3.42. The molecule has 0 aromatic rings. The number of hydrogen-bond acceptors (Lipinski definition) is 4. The highest BCUT2D eigenvalue weighted by atomic mass is 16.5. The van der Waals surface area contributed by atoms with Crippen LogP contribution in [0.2, 0.25) is 0 Å². The van der Waals surface area contributed by atoms with Crippen molar-refractivity contribution in [2.45, 2.75) is 31.8 Å². The Morgan fingerprint density at radius 3 is 2.86 bits per heavy atom. The molecule has 0 spiro atoms. The van der Waals surface area contributed by atoms with Crippen molar-refractivity contribution in [3.05, 3.63) is 24.3 Å². The van der Waals surface area contributed by atoms with Crippen LogP contribution in [0.5, 0.6) is 0 Å². The smallest absolute Gasteiger partial charge is 0.413 e. The number of nitrogens with zero attached hydrogens (tertiary/aromatic N) is 2. The van der Waals surface area contributed by atoms with Gasteiger partial charge in [-0.1, -0.05) is 37.6 Å². The van der Waals surface area contributed by atoms with Gasteiger partial charge in [0.2, 0.25) is 5.96 Å². The maximum atomic E-state index is 12.3. The molecule has 3 amide bonds. The molecular formula is C14H20N4O3. The summed E-state index contributed by atoms with van der Waals surface area (Å²) in [7, 11) is 1.27. The fourth-order valence-corrected chi connectivity index (χ4v) is 2.21. The van der Waals surface area contributed by atoms with E-state index in [0.29, 0.717) is 6.54 Å². The number of hydrogen-bond donors (Lipinski definition) is 2. The highest BCUT2D eigenvalue weighted by Gasteiger charge is 2.38. The van der Waals surface area contributed by atoms with Crippen molar-refractivity contribution in [2.75, 3.05) is 13.7 Å². The summed E-state index contributed by atoms with van der Waals surface area (Å²) in [5.41, 5.74) is 0. The van der Waals surface area contributed by atoms with Crippen molar-refractivity contribution in [2.24, 2.45) is 4.99 Å². The molecule has 2 N–H and O–H groups in total. The van der Waals surface area contributed by atoms with Crippen molar-refractivity contribution in [3.63, 3.8) is 0 Å². The molecule has 0 aromatic heterocycles. The number of allylic oxidation sites excluding steroid dienone is 2. The second-order valence-electron chi connectivity index (χ2n) is 4.78. The predicted octanol–water partition coefficient (Wildman–Crippen LogP) is 1.39. The van der Waals surface area contributed by atoms with Crippen LogP contribution >= 0.6 is 0 Å². The number of nitrogens with one attached hydrogen (secondary N) is 2. The minimum absolute atomic E-state index is 0.181. The van der Waals surface area contributed by atoms with Crippen LogP contribution in [-0.2, 0) is 4.74 Å². The minimum Gasteiger partial charge on any atom is -0.453 e. The van der Waals surface area contributed by atoms with Gasteiger partial charge in [0.15, 0.2) is 0 Å². The Kier molecular flexibility index (Phi) is 4.97. The lowest BCUT2D eigenvalue weighted by atomic mass is 10.0. The van der Waals surface area contributed by atoms with Crippen molar-refractivity contribution in [3.8, 4) is 0 Å². The summed E-state index contributed by atoms with van der Waals surface area (Å²) in [5.74, 6) is 0.210. The molecule has 1 heterocycles. The van der Waals surface area contributed by atoms with Gasteiger partial charge in [0.05, 0.1) is 19.2 Å². The number of unbranched alkanes of at least 4 members (excludes halogenated alkanes) is 1. The van der Waals surface area contributed by atoms with E-state index in [1.54, 1.807) is 0 Å². The van der Waals surface area contributed by atoms with Crippen molar-refractivity contribution >= 4 is 18.1 Å². The molecule has 0 radical (unpaired) electrons. The highest BCUT2D eigenvalue weighted by molar-refractivity contribution is 6.04. The van der Waals surface area contributed by atoms with Gasteiger partial charge in [-0.05, 0) is 6.42 Å². The van der Waals surface area contributed by atoms with Gasteiger partial charge in [-0.15, -0.1) is 0 Å². The summed E-state index contributed by atoms with van der Waals surface area (Å²) < 4.78 is 4.57. The SMILES string of the molecule is CCCCNC(=O)N1C(NC(=O)OC)=NC2C=CC=CC21. The number of guanidine groups is 1. The fourth-order valence-electron chi connectivity index (χ4n) is 2.21. The van der Waals surface area contributed by atoms with Crippen LogP contribution in [0, 0.1) is 0 Å². The number of aliphatic imine (C=N–C) groups is 1. The molecule has 7 heteroatoms. The molecule has 2 aliphatic rings. The minimum atomic E-state index is -0.647. The number of amides is 3. The van der Waals surface area contributed by atoms with Crippen molar-refractivity contribution < 1.29 is 14.3 Å². The van der Waals surface area contributed by atoms with Gasteiger partial charge < -0.3 is 10.1 Å². The Morgan fingerprint density at radius 2 is 2.14 bits per heavy atom. The lowest BCUT2D eigenvalue weighted by Gasteiger charge is -2.26. The molecule has 0 saturated heterocycles. The summed E-state index contributed by atoms with van der Waals surface area (Å²) >= 11 is 0. The molecule has 0 saturated carbocycles. The van der Waals surface area contributed by atoms with Crippen LogP contribution in [0.25, 0.3) is 0 Å². The zero-order valence-corrected chi connectivity index (χ0v) is 12.2. The first-order valence-electron chi connectivity index (χ1n) is 7.02. The van der Waals surface area contributed by atoms with E-state index in [9.17, 15) is 9.59 Å². The third-order valence-corrected chi connectivity index (χ3v) is 3.30. The number of methoxy groups -OCH3 is 1. The maximum absolute atomic E-state index is 12.3. The average molecular weight is 292 g/mol. The molecule has 114 valence electrons. The van der Waals surface area contributed by atoms with E-state index >= 15 is 0 Å². The topological polar surface area (TPSA) is 83.0 Å². The van der Waals surface area contributed by atoms with Crippen molar-refractivity contribution in [1.82, 2.24) is 15.5 Å². The van der Waals surface area contributed by atoms with E-state index in [2.05, 4.69) is 27.3 Å². The molecular weight excluding hydrogens is 272 g/mol. The van der Waals surface area contributed by atoms with Gasteiger partial charge in [-0.25, -0.2) is 14.6 Å². The first-order chi connectivity index (χ1) is 10.2.